The van der Waals surface area contributed by atoms with E-state index >= 15 is 0 Å². The third-order valence-electron chi connectivity index (χ3n) is 18.0. The van der Waals surface area contributed by atoms with Crippen molar-refractivity contribution >= 4 is 81.0 Å². The van der Waals surface area contributed by atoms with Crippen LogP contribution in [0.15, 0.2) is 163 Å². The molecule has 1 saturated heterocycles. The van der Waals surface area contributed by atoms with E-state index in [9.17, 15) is 28.8 Å². The van der Waals surface area contributed by atoms with E-state index < -0.39 is 12.2 Å². The standard InChI is InChI=1S/C28H32N6O3.C24H22N6O2.C24H21N5O3/c1-4-33-12-8-9-21(33)17-34-18(3)13-19(16-25(34)35)20-14-22(23-10-6-7-11-29-23)26-24(15-20)30-27(31-26)32-28(36)37-5-2;1-3-25-24(32)29-23-27-20-12-16(11-18(21(20)28-23)19-6-4-5-9-26-19)14-7-8-15-13-30(2)22(31)17(15)10-14;1-3-32-24(31)28-23-26-20-12-16(11-18(21(20)27-23)19-6-4-5-9-25-19)14-7-8-15-13-29(2)22(30)17(15)10-14/h6-7,10-11,13-16,21H,4-5,8-9,12,17H2,1-3H3,(H2,30,31,32,36);4-12H,3,13H2,1-2H3,(H3,25,27,28,29,32);4-12H,3,13H2,1-2H3,(H2,26,27,28,31). The molecule has 25 nitrogen and oxygen atoms in total. The smallest absolute Gasteiger partial charge is 0.413 e. The lowest BCUT2D eigenvalue weighted by Gasteiger charge is -2.24. The molecule has 12 aromatic rings. The third kappa shape index (κ3) is 14.5. The monoisotopic (exact) mass is 1350 g/mol. The van der Waals surface area contributed by atoms with Crippen LogP contribution in [0.2, 0.25) is 0 Å². The first-order valence-corrected chi connectivity index (χ1v) is 33.5. The number of fused-ring (bicyclic) bond motifs is 5. The fourth-order valence-corrected chi connectivity index (χ4v) is 13.1. The Morgan fingerprint density at radius 2 is 0.941 bits per heavy atom. The fraction of sp³-hybridized carbons (Fsp3) is 0.237. The molecule has 0 radical (unpaired) electrons. The zero-order valence-electron chi connectivity index (χ0n) is 56.9. The number of aryl methyl sites for hydroxylation is 1. The molecule has 0 aliphatic carbocycles. The zero-order valence-corrected chi connectivity index (χ0v) is 56.9. The first-order chi connectivity index (χ1) is 49.0. The van der Waals surface area contributed by atoms with Gasteiger partial charge in [-0.2, -0.15) is 0 Å². The van der Waals surface area contributed by atoms with Gasteiger partial charge < -0.3 is 44.1 Å². The molecule has 7 aromatic heterocycles. The molecule has 0 spiro atoms. The number of pyridine rings is 4. The summed E-state index contributed by atoms with van der Waals surface area (Å²) in [7, 11) is 3.61. The Balaban J connectivity index is 0.000000136. The van der Waals surface area contributed by atoms with Crippen molar-refractivity contribution in [3.05, 3.63) is 196 Å². The third-order valence-corrected chi connectivity index (χ3v) is 18.0. The number of aromatic nitrogens is 10. The highest BCUT2D eigenvalue weighted by atomic mass is 16.6. The molecular formula is C76H75N17O8. The van der Waals surface area contributed by atoms with Gasteiger partial charge in [0.15, 0.2) is 0 Å². The fourth-order valence-electron chi connectivity index (χ4n) is 13.1. The largest absolute Gasteiger partial charge is 0.450 e. The molecule has 6 amide bonds. The van der Waals surface area contributed by atoms with Crippen LogP contribution in [-0.4, -0.2) is 147 Å². The number of benzene rings is 5. The number of likely N-dealkylation sites (N-methyl/N-ethyl adjacent to an activating group) is 1. The molecule has 1 unspecified atom stereocenters. The number of hydrogen-bond donors (Lipinski definition) is 7. The van der Waals surface area contributed by atoms with Gasteiger partial charge in [0.1, 0.15) is 0 Å². The molecule has 7 N–H and O–H groups in total. The SMILES string of the molecule is CCNC(=O)Nc1nc2c(-c3ccccn3)cc(-c3ccc4c(c3)C(=O)N(C)C4)cc2[nH]1.CCOC(=O)Nc1nc2c(-c3ccccn3)cc(-c3cc(C)n(CC4CCCN4CC)c(=O)c3)cc2[nH]1.CCOC(=O)Nc1nc2c(-c3ccccn3)cc(-c3ccc4c(c3)C(=O)N(C)C4)cc2[nH]1. The van der Waals surface area contributed by atoms with Crippen LogP contribution >= 0.6 is 0 Å². The Kier molecular flexibility index (Phi) is 19.5. The Morgan fingerprint density at radius 1 is 0.515 bits per heavy atom. The van der Waals surface area contributed by atoms with Gasteiger partial charge in [-0.15, -0.1) is 0 Å². The van der Waals surface area contributed by atoms with Crippen molar-refractivity contribution in [1.29, 1.82) is 0 Å². The Hall–Kier alpha value is -12.4. The van der Waals surface area contributed by atoms with E-state index in [1.807, 2.05) is 146 Å². The summed E-state index contributed by atoms with van der Waals surface area (Å²) in [6, 6.07) is 44.7. The van der Waals surface area contributed by atoms with E-state index in [4.69, 9.17) is 9.47 Å². The summed E-state index contributed by atoms with van der Waals surface area (Å²) < 4.78 is 11.8. The van der Waals surface area contributed by atoms with Gasteiger partial charge in [0.05, 0.1) is 63.4 Å². The van der Waals surface area contributed by atoms with Gasteiger partial charge >= 0.3 is 18.2 Å². The number of rotatable bonds is 15. The van der Waals surface area contributed by atoms with Crippen molar-refractivity contribution in [2.75, 3.05) is 62.9 Å². The topological polar surface area (TPSA) is 308 Å². The van der Waals surface area contributed by atoms with Gasteiger partial charge in [0.25, 0.3) is 17.4 Å². The summed E-state index contributed by atoms with van der Waals surface area (Å²) in [4.78, 5) is 117. The molecule has 512 valence electrons. The van der Waals surface area contributed by atoms with E-state index in [0.717, 1.165) is 131 Å². The Bertz CT molecular complexity index is 4980. The molecular weight excluding hydrogens is 1280 g/mol. The van der Waals surface area contributed by atoms with E-state index in [1.54, 1.807) is 62.4 Å². The van der Waals surface area contributed by atoms with Gasteiger partial charge in [-0.3, -0.25) is 50.2 Å². The minimum absolute atomic E-state index is 0.00767. The van der Waals surface area contributed by atoms with E-state index in [2.05, 4.69) is 84.0 Å². The second-order valence-corrected chi connectivity index (χ2v) is 24.7. The predicted molar refractivity (Wildman–Crippen MR) is 389 cm³/mol. The van der Waals surface area contributed by atoms with E-state index in [1.165, 1.54) is 6.42 Å². The summed E-state index contributed by atoms with van der Waals surface area (Å²) in [6.45, 7) is 14.6. The van der Waals surface area contributed by atoms with Crippen molar-refractivity contribution in [2.24, 2.45) is 0 Å². The van der Waals surface area contributed by atoms with Gasteiger partial charge in [0.2, 0.25) is 17.8 Å². The van der Waals surface area contributed by atoms with Crippen LogP contribution < -0.4 is 26.8 Å². The number of carbonyl (C=O) groups is 5. The van der Waals surface area contributed by atoms with Crippen molar-refractivity contribution < 1.29 is 33.4 Å². The number of anilines is 3. The molecule has 101 heavy (non-hydrogen) atoms. The number of urea groups is 1. The second-order valence-electron chi connectivity index (χ2n) is 24.7. The molecule has 10 heterocycles. The molecule has 5 aromatic carbocycles. The zero-order chi connectivity index (χ0) is 70.4. The molecule has 15 rings (SSSR count). The van der Waals surface area contributed by atoms with Crippen LogP contribution in [-0.2, 0) is 29.1 Å². The highest BCUT2D eigenvalue weighted by Gasteiger charge is 2.28. The minimum atomic E-state index is -0.579. The molecule has 3 aliphatic heterocycles. The maximum Gasteiger partial charge on any atom is 0.413 e. The van der Waals surface area contributed by atoms with Crippen molar-refractivity contribution in [3.63, 3.8) is 0 Å². The first kappa shape index (κ1) is 67.2. The van der Waals surface area contributed by atoms with Gasteiger partial charge in [-0.25, -0.2) is 29.3 Å². The average molecular weight is 1350 g/mol. The summed E-state index contributed by atoms with van der Waals surface area (Å²) in [5, 5.41) is 10.7. The number of nitrogens with zero attached hydrogens (tertiary/aromatic N) is 10. The van der Waals surface area contributed by atoms with Crippen LogP contribution in [0.4, 0.5) is 32.2 Å². The van der Waals surface area contributed by atoms with Crippen molar-refractivity contribution in [3.8, 4) is 67.2 Å². The van der Waals surface area contributed by atoms with Gasteiger partial charge in [0, 0.05) is 104 Å². The lowest BCUT2D eigenvalue weighted by Crippen LogP contribution is -2.36. The summed E-state index contributed by atoms with van der Waals surface area (Å²) in [5.74, 6) is 0.981. The second kappa shape index (κ2) is 29.4. The maximum atomic E-state index is 13.3. The van der Waals surface area contributed by atoms with Crippen molar-refractivity contribution in [1.82, 2.24) is 69.4 Å². The maximum absolute atomic E-state index is 13.3. The van der Waals surface area contributed by atoms with Crippen LogP contribution in [0, 0.1) is 6.92 Å². The summed E-state index contributed by atoms with van der Waals surface area (Å²) >= 11 is 0. The number of H-pyrrole nitrogens is 3. The number of imidazole rings is 3. The molecule has 1 fully saturated rings. The Morgan fingerprint density at radius 3 is 1.35 bits per heavy atom. The predicted octanol–water partition coefficient (Wildman–Crippen LogP) is 13.3. The summed E-state index contributed by atoms with van der Waals surface area (Å²) in [6.07, 6.45) is 6.33. The highest BCUT2D eigenvalue weighted by Crippen LogP contribution is 2.39. The molecule has 1 atom stereocenters. The number of hydrogen-bond acceptors (Lipinski definition) is 15. The van der Waals surface area contributed by atoms with E-state index in [0.29, 0.717) is 60.7 Å². The lowest BCUT2D eigenvalue weighted by atomic mass is 9.97. The number of likely N-dealkylation sites (tertiary alicyclic amines) is 1. The highest BCUT2D eigenvalue weighted by molar-refractivity contribution is 6.04. The molecule has 0 bridgehead atoms. The molecule has 25 heteroatoms. The quantitative estimate of drug-likeness (QED) is 0.0502. The number of nitrogens with one attached hydrogen (secondary N) is 7. The molecule has 0 saturated carbocycles. The first-order valence-electron chi connectivity index (χ1n) is 33.5. The number of carbonyl (C=O) groups excluding carboxylic acids is 5. The van der Waals surface area contributed by atoms with Crippen LogP contribution in [0.5, 0.6) is 0 Å². The number of ether oxygens (including phenoxy) is 2. The van der Waals surface area contributed by atoms with Crippen LogP contribution in [0.25, 0.3) is 100 Å². The Labute approximate surface area is 580 Å². The van der Waals surface area contributed by atoms with Crippen LogP contribution in [0.1, 0.15) is 78.1 Å². The van der Waals surface area contributed by atoms with Gasteiger partial charge in [-0.05, 0) is 189 Å². The average Bonchev–Trinajstić information content (AvgIpc) is 1.71. The number of aromatic amines is 3. The molecule has 3 aliphatic rings. The summed E-state index contributed by atoms with van der Waals surface area (Å²) in [5.41, 5.74) is 18.8. The minimum Gasteiger partial charge on any atom is -0.450 e. The van der Waals surface area contributed by atoms with Gasteiger partial charge in [-0.1, -0.05) is 49.4 Å². The number of amides is 6. The normalized spacial score (nSPS) is 13.9. The van der Waals surface area contributed by atoms with Crippen molar-refractivity contribution in [2.45, 2.75) is 73.1 Å². The van der Waals surface area contributed by atoms with Crippen LogP contribution in [0.3, 0.4) is 0 Å². The van der Waals surface area contributed by atoms with E-state index in [-0.39, 0.29) is 42.6 Å². The lowest BCUT2D eigenvalue weighted by molar-refractivity contribution is 0.0809.